The van der Waals surface area contributed by atoms with E-state index in [1.165, 1.54) is 0 Å². The van der Waals surface area contributed by atoms with E-state index in [2.05, 4.69) is 0 Å². The lowest BCUT2D eigenvalue weighted by Gasteiger charge is -2.31. The van der Waals surface area contributed by atoms with Gasteiger partial charge in [0.15, 0.2) is 5.60 Å². The van der Waals surface area contributed by atoms with E-state index in [1.54, 1.807) is 0 Å². The highest BCUT2D eigenvalue weighted by Gasteiger charge is 2.38. The van der Waals surface area contributed by atoms with Gasteiger partial charge in [-0.2, -0.15) is 0 Å². The zero-order chi connectivity index (χ0) is 13.9. The van der Waals surface area contributed by atoms with Crippen molar-refractivity contribution in [2.24, 2.45) is 0 Å². The lowest BCUT2D eigenvalue weighted by atomic mass is 9.88. The molecule has 0 aromatic heterocycles. The maximum absolute atomic E-state index is 11.8. The number of hydrogen-bond acceptors (Lipinski definition) is 2. The SMILES string of the molecule is CC1=CC(OCc2ccccc2)(C(=O)Cl)CC(C)=C1. The second kappa shape index (κ2) is 5.72. The number of rotatable bonds is 4. The van der Waals surface area contributed by atoms with Gasteiger partial charge in [0.2, 0.25) is 0 Å². The molecule has 0 radical (unpaired) electrons. The lowest BCUT2D eigenvalue weighted by molar-refractivity contribution is -0.131. The molecule has 0 aliphatic heterocycles. The van der Waals surface area contributed by atoms with Gasteiger partial charge < -0.3 is 4.74 Å². The first-order valence-electron chi connectivity index (χ1n) is 6.26. The van der Waals surface area contributed by atoms with Crippen LogP contribution in [0.1, 0.15) is 25.8 Å². The van der Waals surface area contributed by atoms with Crippen LogP contribution in [-0.2, 0) is 16.1 Å². The van der Waals surface area contributed by atoms with E-state index < -0.39 is 10.8 Å². The number of ether oxygens (including phenoxy) is 1. The average molecular weight is 277 g/mol. The fraction of sp³-hybridized carbons (Fsp3) is 0.312. The molecular weight excluding hydrogens is 260 g/mol. The number of benzene rings is 1. The molecule has 0 saturated carbocycles. The average Bonchev–Trinajstić information content (AvgIpc) is 2.36. The lowest BCUT2D eigenvalue weighted by Crippen LogP contribution is -2.38. The Kier molecular flexibility index (Phi) is 4.23. The van der Waals surface area contributed by atoms with Crippen LogP contribution in [0.5, 0.6) is 0 Å². The first-order chi connectivity index (χ1) is 9.02. The van der Waals surface area contributed by atoms with Gasteiger partial charge in [0.25, 0.3) is 5.24 Å². The van der Waals surface area contributed by atoms with Gasteiger partial charge in [-0.05, 0) is 37.1 Å². The van der Waals surface area contributed by atoms with Crippen molar-refractivity contribution in [3.63, 3.8) is 0 Å². The van der Waals surface area contributed by atoms with Crippen molar-refractivity contribution < 1.29 is 9.53 Å². The zero-order valence-corrected chi connectivity index (χ0v) is 11.9. The van der Waals surface area contributed by atoms with E-state index in [9.17, 15) is 4.79 Å². The van der Waals surface area contributed by atoms with E-state index in [-0.39, 0.29) is 0 Å². The summed E-state index contributed by atoms with van der Waals surface area (Å²) in [6.07, 6.45) is 4.38. The van der Waals surface area contributed by atoms with E-state index in [4.69, 9.17) is 16.3 Å². The maximum atomic E-state index is 11.8. The van der Waals surface area contributed by atoms with E-state index in [0.29, 0.717) is 13.0 Å². The third-order valence-electron chi connectivity index (χ3n) is 3.15. The molecule has 19 heavy (non-hydrogen) atoms. The number of hydrogen-bond donors (Lipinski definition) is 0. The Morgan fingerprint density at radius 1 is 1.32 bits per heavy atom. The molecule has 0 N–H and O–H groups in total. The molecule has 0 heterocycles. The van der Waals surface area contributed by atoms with Crippen LogP contribution >= 0.6 is 11.6 Å². The Morgan fingerprint density at radius 3 is 2.58 bits per heavy atom. The summed E-state index contributed by atoms with van der Waals surface area (Å²) in [5.41, 5.74) is 2.10. The van der Waals surface area contributed by atoms with Crippen LogP contribution in [0.3, 0.4) is 0 Å². The van der Waals surface area contributed by atoms with Crippen LogP contribution in [-0.4, -0.2) is 10.8 Å². The van der Waals surface area contributed by atoms with Crippen LogP contribution in [0, 0.1) is 0 Å². The fourth-order valence-corrected chi connectivity index (χ4v) is 2.55. The van der Waals surface area contributed by atoms with Crippen LogP contribution in [0.25, 0.3) is 0 Å². The van der Waals surface area contributed by atoms with Gasteiger partial charge in [-0.15, -0.1) is 0 Å². The summed E-state index contributed by atoms with van der Waals surface area (Å²) in [6.45, 7) is 4.30. The number of carbonyl (C=O) groups is 1. The molecule has 0 bridgehead atoms. The van der Waals surface area contributed by atoms with Crippen molar-refractivity contribution in [3.8, 4) is 0 Å². The van der Waals surface area contributed by atoms with Crippen molar-refractivity contribution in [1.82, 2.24) is 0 Å². The summed E-state index contributed by atoms with van der Waals surface area (Å²) in [5.74, 6) is 0. The first-order valence-corrected chi connectivity index (χ1v) is 6.64. The largest absolute Gasteiger partial charge is 0.357 e. The van der Waals surface area contributed by atoms with Crippen LogP contribution in [0.2, 0.25) is 0 Å². The summed E-state index contributed by atoms with van der Waals surface area (Å²) < 4.78 is 5.86. The van der Waals surface area contributed by atoms with Crippen molar-refractivity contribution >= 4 is 16.8 Å². The number of allylic oxidation sites excluding steroid dienone is 2. The third-order valence-corrected chi connectivity index (χ3v) is 3.47. The Labute approximate surface area is 118 Å². The molecule has 0 amide bonds. The summed E-state index contributed by atoms with van der Waals surface area (Å²) in [7, 11) is 0. The summed E-state index contributed by atoms with van der Waals surface area (Å²) in [5, 5.41) is -0.463. The van der Waals surface area contributed by atoms with Crippen molar-refractivity contribution in [2.45, 2.75) is 32.5 Å². The molecule has 1 aromatic rings. The molecule has 2 rings (SSSR count). The van der Waals surface area contributed by atoms with Crippen molar-refractivity contribution in [2.75, 3.05) is 0 Å². The molecule has 1 aromatic carbocycles. The number of halogens is 1. The molecule has 3 heteroatoms. The smallest absolute Gasteiger partial charge is 0.257 e. The van der Waals surface area contributed by atoms with E-state index in [1.807, 2.05) is 56.3 Å². The van der Waals surface area contributed by atoms with E-state index >= 15 is 0 Å². The Morgan fingerprint density at radius 2 is 2.00 bits per heavy atom. The van der Waals surface area contributed by atoms with Crippen molar-refractivity contribution in [1.29, 1.82) is 0 Å². The molecule has 1 aliphatic rings. The van der Waals surface area contributed by atoms with Gasteiger partial charge in [0, 0.05) is 6.42 Å². The Balaban J connectivity index is 2.18. The second-order valence-corrected chi connectivity index (χ2v) is 5.34. The molecule has 2 nitrogen and oxygen atoms in total. The Hall–Kier alpha value is -1.38. The quantitative estimate of drug-likeness (QED) is 0.777. The molecule has 0 saturated heterocycles. The molecule has 100 valence electrons. The molecular formula is C16H17ClO2. The highest BCUT2D eigenvalue weighted by molar-refractivity contribution is 6.65. The van der Waals surface area contributed by atoms with Crippen molar-refractivity contribution in [3.05, 3.63) is 59.2 Å². The minimum Gasteiger partial charge on any atom is -0.357 e. The zero-order valence-electron chi connectivity index (χ0n) is 11.2. The minimum absolute atomic E-state index is 0.371. The standard InChI is InChI=1S/C16H17ClO2/c1-12-8-13(2)10-16(9-12,15(17)18)19-11-14-6-4-3-5-7-14/h3-9H,10-11H2,1-2H3. The topological polar surface area (TPSA) is 26.3 Å². The molecule has 0 spiro atoms. The van der Waals surface area contributed by atoms with Crippen LogP contribution in [0.4, 0.5) is 0 Å². The summed E-state index contributed by atoms with van der Waals surface area (Å²) >= 11 is 5.77. The van der Waals surface area contributed by atoms with E-state index in [0.717, 1.165) is 16.7 Å². The highest BCUT2D eigenvalue weighted by atomic mass is 35.5. The normalized spacial score (nSPS) is 22.7. The Bertz CT molecular complexity index is 531. The van der Waals surface area contributed by atoms with Gasteiger partial charge >= 0.3 is 0 Å². The summed E-state index contributed by atoms with van der Waals surface area (Å²) in [6, 6.07) is 9.77. The monoisotopic (exact) mass is 276 g/mol. The fourth-order valence-electron chi connectivity index (χ4n) is 2.38. The van der Waals surface area contributed by atoms with Gasteiger partial charge in [0.05, 0.1) is 6.61 Å². The van der Waals surface area contributed by atoms with Crippen LogP contribution in [0.15, 0.2) is 53.6 Å². The number of carbonyl (C=O) groups excluding carboxylic acids is 1. The maximum Gasteiger partial charge on any atom is 0.257 e. The first kappa shape index (κ1) is 14.0. The van der Waals surface area contributed by atoms with Gasteiger partial charge in [-0.1, -0.05) is 47.6 Å². The van der Waals surface area contributed by atoms with Crippen LogP contribution < -0.4 is 0 Å². The highest BCUT2D eigenvalue weighted by Crippen LogP contribution is 2.32. The minimum atomic E-state index is -1.03. The molecule has 1 atom stereocenters. The molecule has 1 aliphatic carbocycles. The second-order valence-electron chi connectivity index (χ2n) is 4.99. The third kappa shape index (κ3) is 3.34. The van der Waals surface area contributed by atoms with Gasteiger partial charge in [-0.25, -0.2) is 0 Å². The molecule has 0 fully saturated rings. The predicted molar refractivity (Wildman–Crippen MR) is 77.0 cm³/mol. The van der Waals surface area contributed by atoms with Gasteiger partial charge in [0.1, 0.15) is 0 Å². The summed E-state index contributed by atoms with van der Waals surface area (Å²) in [4.78, 5) is 11.8. The molecule has 1 unspecified atom stereocenters. The van der Waals surface area contributed by atoms with Gasteiger partial charge in [-0.3, -0.25) is 4.79 Å². The predicted octanol–water partition coefficient (Wildman–Crippen LogP) is 4.00.